The highest BCUT2D eigenvalue weighted by Crippen LogP contribution is 2.52. The zero-order valence-corrected chi connectivity index (χ0v) is 13.4. The number of halogens is 3. The number of rotatable bonds is 0. The number of hydrogen-bond acceptors (Lipinski definition) is 1. The van der Waals surface area contributed by atoms with Crippen molar-refractivity contribution in [2.75, 3.05) is 0 Å². The molecule has 0 N–H and O–H groups in total. The van der Waals surface area contributed by atoms with E-state index in [0.29, 0.717) is 12.2 Å². The van der Waals surface area contributed by atoms with Crippen LogP contribution in [-0.2, 0) is 4.74 Å². The summed E-state index contributed by atoms with van der Waals surface area (Å²) in [5.74, 6) is 0. The fraction of sp³-hybridized carbons (Fsp3) is 0.167. The molecule has 1 aromatic rings. The van der Waals surface area contributed by atoms with Crippen molar-refractivity contribution >= 4 is 62.1 Å². The van der Waals surface area contributed by atoms with Gasteiger partial charge < -0.3 is 4.74 Å². The smallest absolute Gasteiger partial charge is 0.114 e. The minimum absolute atomic E-state index is 0. The van der Waals surface area contributed by atoms with E-state index in [9.17, 15) is 0 Å². The van der Waals surface area contributed by atoms with Crippen LogP contribution in [0.5, 0.6) is 0 Å². The molecule has 2 unspecified atom stereocenters. The quantitative estimate of drug-likeness (QED) is 0.589. The maximum atomic E-state index is 5.52. The molecule has 0 aromatic heterocycles. The summed E-state index contributed by atoms with van der Waals surface area (Å²) >= 11 is 0. The van der Waals surface area contributed by atoms with Crippen molar-refractivity contribution in [3.05, 3.63) is 47.5 Å². The minimum atomic E-state index is 0. The first-order valence-corrected chi connectivity index (χ1v) is 4.63. The summed E-state index contributed by atoms with van der Waals surface area (Å²) in [5.41, 5.74) is 5.62. The normalized spacial score (nSPS) is 25.8. The number of benzene rings is 1. The van der Waals surface area contributed by atoms with Crippen LogP contribution in [0.3, 0.4) is 0 Å². The van der Waals surface area contributed by atoms with E-state index in [2.05, 4.69) is 36.4 Å². The van der Waals surface area contributed by atoms with Gasteiger partial charge in [-0.1, -0.05) is 36.4 Å². The summed E-state index contributed by atoms with van der Waals surface area (Å²) < 4.78 is 5.52. The van der Waals surface area contributed by atoms with E-state index in [1.165, 1.54) is 22.3 Å². The molecule has 0 radical (unpaired) electrons. The molecular formula is C12H11Br3O. The van der Waals surface area contributed by atoms with E-state index in [0.717, 1.165) is 0 Å². The molecule has 2 atom stereocenters. The molecule has 16 heavy (non-hydrogen) atoms. The van der Waals surface area contributed by atoms with Gasteiger partial charge in [0.05, 0.1) is 0 Å². The highest BCUT2D eigenvalue weighted by atomic mass is 79.9. The van der Waals surface area contributed by atoms with Crippen LogP contribution < -0.4 is 0 Å². The largest absolute Gasteiger partial charge is 0.360 e. The lowest BCUT2D eigenvalue weighted by atomic mass is 9.76. The number of hydrogen-bond donors (Lipinski definition) is 0. The van der Waals surface area contributed by atoms with Crippen molar-refractivity contribution in [2.45, 2.75) is 12.2 Å². The van der Waals surface area contributed by atoms with Gasteiger partial charge >= 0.3 is 0 Å². The molecule has 0 bridgehead atoms. The second kappa shape index (κ2) is 4.77. The molecule has 0 saturated carbocycles. The molecule has 2 aliphatic carbocycles. The summed E-state index contributed by atoms with van der Waals surface area (Å²) in [5, 5.41) is 0. The van der Waals surface area contributed by atoms with Crippen LogP contribution in [-0.4, -0.2) is 12.2 Å². The lowest BCUT2D eigenvalue weighted by Crippen LogP contribution is -2.13. The van der Waals surface area contributed by atoms with Crippen LogP contribution in [0, 0.1) is 0 Å². The topological polar surface area (TPSA) is 12.5 Å². The predicted molar refractivity (Wildman–Crippen MR) is 82.0 cm³/mol. The third kappa shape index (κ3) is 1.67. The number of fused-ring (bicyclic) bond motifs is 5. The van der Waals surface area contributed by atoms with Gasteiger partial charge in [0.15, 0.2) is 0 Å². The number of epoxide rings is 1. The van der Waals surface area contributed by atoms with Crippen LogP contribution in [0.1, 0.15) is 11.1 Å². The van der Waals surface area contributed by atoms with Gasteiger partial charge in [-0.3, -0.25) is 0 Å². The Hall–Kier alpha value is 0.100. The fourth-order valence-electron chi connectivity index (χ4n) is 2.36. The van der Waals surface area contributed by atoms with Crippen molar-refractivity contribution in [3.8, 4) is 0 Å². The standard InChI is InChI=1S/C12H8O.3BrH/c1-2-4-8-7(3-1)9-5-6-10-12(13-10)11(8)9;;;/h1-6,10,12H;3*1H. The summed E-state index contributed by atoms with van der Waals surface area (Å²) in [6, 6.07) is 8.56. The Kier molecular flexibility index (Phi) is 4.22. The summed E-state index contributed by atoms with van der Waals surface area (Å²) in [4.78, 5) is 0. The molecule has 1 nitrogen and oxygen atoms in total. The molecule has 4 rings (SSSR count). The number of ether oxygens (including phenoxy) is 1. The Balaban J connectivity index is 0.000000427. The van der Waals surface area contributed by atoms with Crippen LogP contribution in [0.4, 0.5) is 0 Å². The number of allylic oxidation sites excluding steroid dienone is 2. The summed E-state index contributed by atoms with van der Waals surface area (Å²) in [6.45, 7) is 0. The zero-order valence-electron chi connectivity index (χ0n) is 8.25. The molecule has 86 valence electrons. The Morgan fingerprint density at radius 1 is 0.938 bits per heavy atom. The van der Waals surface area contributed by atoms with Crippen molar-refractivity contribution in [1.29, 1.82) is 0 Å². The Labute approximate surface area is 126 Å². The van der Waals surface area contributed by atoms with E-state index in [1.54, 1.807) is 0 Å². The summed E-state index contributed by atoms with van der Waals surface area (Å²) in [7, 11) is 0. The third-order valence-electron chi connectivity index (χ3n) is 3.06. The molecule has 1 aromatic carbocycles. The average molecular weight is 411 g/mol. The van der Waals surface area contributed by atoms with Gasteiger partial charge in [-0.15, -0.1) is 50.9 Å². The molecule has 1 heterocycles. The van der Waals surface area contributed by atoms with Gasteiger partial charge in [0, 0.05) is 0 Å². The first-order valence-electron chi connectivity index (χ1n) is 4.63. The maximum absolute atomic E-state index is 5.52. The molecule has 4 heteroatoms. The maximum Gasteiger partial charge on any atom is 0.114 e. The van der Waals surface area contributed by atoms with E-state index in [4.69, 9.17) is 4.74 Å². The van der Waals surface area contributed by atoms with E-state index < -0.39 is 0 Å². The molecule has 1 aliphatic heterocycles. The molecular weight excluding hydrogens is 400 g/mol. The highest BCUT2D eigenvalue weighted by Gasteiger charge is 2.47. The van der Waals surface area contributed by atoms with Gasteiger partial charge in [0.25, 0.3) is 0 Å². The van der Waals surface area contributed by atoms with Crippen molar-refractivity contribution < 1.29 is 4.74 Å². The van der Waals surface area contributed by atoms with E-state index in [1.807, 2.05) is 0 Å². The SMILES string of the molecule is Br.Br.Br.C1=CC2OC2C2=C1c1ccccc12. The molecule has 0 amide bonds. The predicted octanol–water partition coefficient (Wildman–Crippen LogP) is 3.98. The molecule has 3 aliphatic rings. The zero-order chi connectivity index (χ0) is 8.41. The second-order valence-corrected chi connectivity index (χ2v) is 3.75. The first-order chi connectivity index (χ1) is 6.45. The third-order valence-corrected chi connectivity index (χ3v) is 3.06. The molecule has 1 fully saturated rings. The van der Waals surface area contributed by atoms with Crippen molar-refractivity contribution in [1.82, 2.24) is 0 Å². The Morgan fingerprint density at radius 2 is 1.62 bits per heavy atom. The minimum Gasteiger partial charge on any atom is -0.360 e. The van der Waals surface area contributed by atoms with Gasteiger partial charge in [0.2, 0.25) is 0 Å². The van der Waals surface area contributed by atoms with Crippen molar-refractivity contribution in [2.24, 2.45) is 0 Å². The van der Waals surface area contributed by atoms with Crippen LogP contribution >= 0.6 is 50.9 Å². The second-order valence-electron chi connectivity index (χ2n) is 3.75. The van der Waals surface area contributed by atoms with Gasteiger partial charge in [0.1, 0.15) is 12.2 Å². The van der Waals surface area contributed by atoms with Crippen LogP contribution in [0.25, 0.3) is 11.1 Å². The van der Waals surface area contributed by atoms with Crippen LogP contribution in [0.15, 0.2) is 36.4 Å². The van der Waals surface area contributed by atoms with Gasteiger partial charge in [-0.25, -0.2) is 0 Å². The van der Waals surface area contributed by atoms with Gasteiger partial charge in [-0.05, 0) is 22.3 Å². The van der Waals surface area contributed by atoms with Crippen molar-refractivity contribution in [3.63, 3.8) is 0 Å². The Bertz CT molecular complexity index is 479. The Morgan fingerprint density at radius 3 is 2.38 bits per heavy atom. The summed E-state index contributed by atoms with van der Waals surface area (Å²) in [6.07, 6.45) is 5.13. The van der Waals surface area contributed by atoms with Gasteiger partial charge in [-0.2, -0.15) is 0 Å². The van der Waals surface area contributed by atoms with Crippen LogP contribution in [0.2, 0.25) is 0 Å². The fourth-order valence-corrected chi connectivity index (χ4v) is 2.36. The average Bonchev–Trinajstić information content (AvgIpc) is 2.89. The van der Waals surface area contributed by atoms with E-state index in [-0.39, 0.29) is 50.9 Å². The molecule has 1 saturated heterocycles. The monoisotopic (exact) mass is 408 g/mol. The lowest BCUT2D eigenvalue weighted by molar-refractivity contribution is 0.418. The first kappa shape index (κ1) is 14.2. The molecule has 0 spiro atoms. The highest BCUT2D eigenvalue weighted by molar-refractivity contribution is 8.93. The lowest BCUT2D eigenvalue weighted by Gasteiger charge is -2.26. The van der Waals surface area contributed by atoms with E-state index >= 15 is 0 Å².